The molecule has 3 nitrogen and oxygen atoms in total. The zero-order valence-corrected chi connectivity index (χ0v) is 17.7. The third kappa shape index (κ3) is 2.86. The summed E-state index contributed by atoms with van der Waals surface area (Å²) in [6.45, 7) is 6.40. The molecule has 0 aliphatic carbocycles. The van der Waals surface area contributed by atoms with Gasteiger partial charge in [-0.25, -0.2) is 4.57 Å². The summed E-state index contributed by atoms with van der Waals surface area (Å²) in [6.07, 6.45) is 0. The highest BCUT2D eigenvalue weighted by molar-refractivity contribution is 7.78. The number of hydrogen-bond donors (Lipinski definition) is 0. The SMILES string of the molecule is CC(C)(C)c1ccc(-n2c(=O)c3sc4sc(=S)sc4sc=3c2=O)cc1. The van der Waals surface area contributed by atoms with E-state index in [9.17, 15) is 9.59 Å². The maximum atomic E-state index is 12.8. The molecule has 128 valence electrons. The van der Waals surface area contributed by atoms with Crippen LogP contribution in [0.3, 0.4) is 0 Å². The summed E-state index contributed by atoms with van der Waals surface area (Å²) < 4.78 is 5.18. The van der Waals surface area contributed by atoms with Crippen LogP contribution >= 0.6 is 57.6 Å². The summed E-state index contributed by atoms with van der Waals surface area (Å²) in [5.74, 6) is 0. The van der Waals surface area contributed by atoms with Gasteiger partial charge in [0.15, 0.2) is 0 Å². The molecule has 25 heavy (non-hydrogen) atoms. The Bertz CT molecular complexity index is 1250. The summed E-state index contributed by atoms with van der Waals surface area (Å²) in [6, 6.07) is 7.67. The molecule has 1 aromatic carbocycles. The molecule has 0 unspecified atom stereocenters. The Morgan fingerprint density at radius 3 is 1.76 bits per heavy atom. The first-order chi connectivity index (χ1) is 11.8. The Morgan fingerprint density at radius 2 is 1.32 bits per heavy atom. The van der Waals surface area contributed by atoms with Crippen molar-refractivity contribution in [3.05, 3.63) is 62.7 Å². The van der Waals surface area contributed by atoms with Crippen LogP contribution in [0.2, 0.25) is 0 Å². The lowest BCUT2D eigenvalue weighted by Crippen LogP contribution is -2.24. The van der Waals surface area contributed by atoms with Crippen molar-refractivity contribution in [2.75, 3.05) is 0 Å². The monoisotopic (exact) mass is 423 g/mol. The molecule has 2 aliphatic rings. The molecule has 3 heterocycles. The zero-order chi connectivity index (χ0) is 17.9. The lowest BCUT2D eigenvalue weighted by Gasteiger charge is -2.19. The number of rotatable bonds is 1. The van der Waals surface area contributed by atoms with Crippen molar-refractivity contribution in [1.82, 2.24) is 4.57 Å². The Labute approximate surface area is 164 Å². The zero-order valence-electron chi connectivity index (χ0n) is 13.6. The fraction of sp³-hybridized carbons (Fsp3) is 0.235. The lowest BCUT2D eigenvalue weighted by atomic mass is 9.87. The molecule has 0 N–H and O–H groups in total. The summed E-state index contributed by atoms with van der Waals surface area (Å²) in [4.78, 5) is 25.7. The van der Waals surface area contributed by atoms with Crippen LogP contribution in [-0.4, -0.2) is 4.57 Å². The van der Waals surface area contributed by atoms with E-state index in [2.05, 4.69) is 20.8 Å². The van der Waals surface area contributed by atoms with Gasteiger partial charge in [-0.1, -0.05) is 45.1 Å². The predicted molar refractivity (Wildman–Crippen MR) is 112 cm³/mol. The van der Waals surface area contributed by atoms with Gasteiger partial charge in [-0.2, -0.15) is 0 Å². The molecule has 0 amide bonds. The van der Waals surface area contributed by atoms with Gasteiger partial charge in [0.2, 0.25) is 0 Å². The highest BCUT2D eigenvalue weighted by atomic mass is 32.2. The van der Waals surface area contributed by atoms with Gasteiger partial charge in [0.05, 0.1) is 5.69 Å². The van der Waals surface area contributed by atoms with Crippen molar-refractivity contribution >= 4 is 65.6 Å². The van der Waals surface area contributed by atoms with E-state index in [4.69, 9.17) is 12.2 Å². The second-order valence-electron chi connectivity index (χ2n) is 6.63. The van der Waals surface area contributed by atoms with Crippen LogP contribution in [0.15, 0.2) is 33.9 Å². The third-order valence-corrected chi connectivity index (χ3v) is 9.60. The van der Waals surface area contributed by atoms with Gasteiger partial charge >= 0.3 is 0 Å². The summed E-state index contributed by atoms with van der Waals surface area (Å²) in [7, 11) is 0. The smallest absolute Gasteiger partial charge is 0.267 e. The quantitative estimate of drug-likeness (QED) is 0.388. The normalized spacial score (nSPS) is 12.3. The van der Waals surface area contributed by atoms with Crippen molar-refractivity contribution < 1.29 is 0 Å². The molecule has 0 saturated heterocycles. The first-order valence-electron chi connectivity index (χ1n) is 7.49. The fourth-order valence-electron chi connectivity index (χ4n) is 2.58. The van der Waals surface area contributed by atoms with E-state index in [1.165, 1.54) is 55.5 Å². The molecule has 1 aromatic heterocycles. The average molecular weight is 424 g/mol. The number of hydrogen-bond acceptors (Lipinski definition) is 7. The summed E-state index contributed by atoms with van der Waals surface area (Å²) >= 11 is 11.0. The van der Waals surface area contributed by atoms with Gasteiger partial charge in [0.1, 0.15) is 20.2 Å². The van der Waals surface area contributed by atoms with E-state index < -0.39 is 0 Å². The van der Waals surface area contributed by atoms with Gasteiger partial charge < -0.3 is 0 Å². The minimum Gasteiger partial charge on any atom is -0.267 e. The van der Waals surface area contributed by atoms with E-state index in [0.717, 1.165) is 11.2 Å². The maximum Gasteiger partial charge on any atom is 0.277 e. The number of benzene rings is 1. The molecular weight excluding hydrogens is 411 g/mol. The second kappa shape index (κ2) is 5.92. The van der Waals surface area contributed by atoms with Crippen molar-refractivity contribution in [1.29, 1.82) is 0 Å². The molecule has 0 radical (unpaired) electrons. The first kappa shape index (κ1) is 17.2. The molecule has 0 atom stereocenters. The van der Waals surface area contributed by atoms with Gasteiger partial charge in [-0.05, 0) is 23.1 Å². The van der Waals surface area contributed by atoms with Crippen molar-refractivity contribution in [3.63, 3.8) is 0 Å². The highest BCUT2D eigenvalue weighted by Crippen LogP contribution is 2.34. The summed E-state index contributed by atoms with van der Waals surface area (Å²) in [5, 5.41) is 0. The van der Waals surface area contributed by atoms with Crippen LogP contribution in [0.1, 0.15) is 26.3 Å². The molecule has 2 aromatic rings. The average Bonchev–Trinajstić information content (AvgIpc) is 3.02. The van der Waals surface area contributed by atoms with E-state index >= 15 is 0 Å². The van der Waals surface area contributed by atoms with Crippen LogP contribution in [0.4, 0.5) is 0 Å². The molecule has 0 fully saturated rings. The molecule has 0 bridgehead atoms. The molecular formula is C17H13NO2S5. The van der Waals surface area contributed by atoms with E-state index in [1.807, 2.05) is 24.3 Å². The number of aromatic nitrogens is 1. The topological polar surface area (TPSA) is 39.1 Å². The Balaban J connectivity index is 1.98. The minimum absolute atomic E-state index is 0.0261. The van der Waals surface area contributed by atoms with Crippen LogP contribution in [-0.2, 0) is 5.41 Å². The van der Waals surface area contributed by atoms with Crippen LogP contribution in [0, 0.1) is 12.2 Å². The second-order valence-corrected chi connectivity index (χ2v) is 12.4. The largest absolute Gasteiger partial charge is 0.277 e. The van der Waals surface area contributed by atoms with E-state index in [1.54, 1.807) is 0 Å². The van der Waals surface area contributed by atoms with Gasteiger partial charge in [0, 0.05) is 0 Å². The highest BCUT2D eigenvalue weighted by Gasteiger charge is 2.17. The van der Waals surface area contributed by atoms with Gasteiger partial charge in [0.25, 0.3) is 11.1 Å². The van der Waals surface area contributed by atoms with Gasteiger partial charge in [-0.15, -0.1) is 45.3 Å². The van der Waals surface area contributed by atoms with Crippen LogP contribution < -0.4 is 11.1 Å². The van der Waals surface area contributed by atoms with Crippen molar-refractivity contribution in [3.8, 4) is 5.69 Å². The van der Waals surface area contributed by atoms with E-state index in [-0.39, 0.29) is 16.5 Å². The molecule has 8 heteroatoms. The minimum atomic E-state index is -0.240. The lowest BCUT2D eigenvalue weighted by molar-refractivity contribution is 0.590. The molecule has 0 saturated carbocycles. The molecule has 0 spiro atoms. The molecule has 4 rings (SSSR count). The number of fused-ring (bicyclic) bond motifs is 1. The van der Waals surface area contributed by atoms with Crippen molar-refractivity contribution in [2.45, 2.75) is 26.2 Å². The first-order valence-corrected chi connectivity index (χ1v) is 11.2. The Morgan fingerprint density at radius 1 is 0.840 bits per heavy atom. The van der Waals surface area contributed by atoms with Crippen LogP contribution in [0.5, 0.6) is 0 Å². The summed E-state index contributed by atoms with van der Waals surface area (Å²) in [5.41, 5.74) is 1.33. The Hall–Kier alpha value is -1.19. The van der Waals surface area contributed by atoms with Crippen LogP contribution in [0.25, 0.3) is 13.7 Å². The standard InChI is InChI=1S/C17H13NO2S5/c1-17(2,3)8-4-6-9(7-5-8)18-12(19)10-11(13(18)20)23-15-14(22-10)24-16(21)25-15/h4-7H,1-3H3. The third-order valence-electron chi connectivity index (χ3n) is 3.90. The van der Waals surface area contributed by atoms with E-state index in [0.29, 0.717) is 14.8 Å². The number of nitrogens with zero attached hydrogens (tertiary/aromatic N) is 1. The van der Waals surface area contributed by atoms with Crippen molar-refractivity contribution in [2.24, 2.45) is 0 Å². The predicted octanol–water partition coefficient (Wildman–Crippen LogP) is 5.35. The fourth-order valence-corrected chi connectivity index (χ4v) is 8.69. The molecule has 2 aliphatic heterocycles. The maximum absolute atomic E-state index is 12.8. The van der Waals surface area contributed by atoms with Gasteiger partial charge in [-0.3, -0.25) is 9.59 Å². The Kier molecular flexibility index (Phi) is 4.08.